The molecule has 1 N–H and O–H groups in total. The van der Waals surface area contributed by atoms with Crippen LogP contribution in [-0.4, -0.2) is 23.1 Å². The fourth-order valence-electron chi connectivity index (χ4n) is 2.14. The summed E-state index contributed by atoms with van der Waals surface area (Å²) in [6, 6.07) is 0. The van der Waals surface area contributed by atoms with Gasteiger partial charge in [-0.3, -0.25) is 0 Å². The summed E-state index contributed by atoms with van der Waals surface area (Å²) in [6.45, 7) is 12.9. The summed E-state index contributed by atoms with van der Waals surface area (Å²) in [5, 5.41) is 3.43. The Bertz CT molecular complexity index is 349. The van der Waals surface area contributed by atoms with E-state index >= 15 is 0 Å². The van der Waals surface area contributed by atoms with Gasteiger partial charge in [0, 0.05) is 17.8 Å². The molecule has 0 bridgehead atoms. The fourth-order valence-corrected chi connectivity index (χ4v) is 2.14. The molecule has 0 aliphatic rings. The van der Waals surface area contributed by atoms with Crippen LogP contribution in [0.1, 0.15) is 50.0 Å². The second-order valence-corrected chi connectivity index (χ2v) is 5.39. The SMILES string of the molecule is CCCNCCc1c(C)nc(CC(C)C)nc1C. The molecule has 0 radical (unpaired) electrons. The summed E-state index contributed by atoms with van der Waals surface area (Å²) in [5.41, 5.74) is 3.61. The van der Waals surface area contributed by atoms with Crippen LogP contribution >= 0.6 is 0 Å². The van der Waals surface area contributed by atoms with Gasteiger partial charge >= 0.3 is 0 Å². The highest BCUT2D eigenvalue weighted by Crippen LogP contribution is 2.12. The van der Waals surface area contributed by atoms with Gasteiger partial charge in [-0.25, -0.2) is 9.97 Å². The number of aromatic nitrogens is 2. The smallest absolute Gasteiger partial charge is 0.129 e. The minimum Gasteiger partial charge on any atom is -0.316 e. The molecule has 0 spiro atoms. The van der Waals surface area contributed by atoms with Crippen molar-refractivity contribution in [2.45, 2.75) is 53.9 Å². The maximum atomic E-state index is 4.63. The zero-order chi connectivity index (χ0) is 13.5. The van der Waals surface area contributed by atoms with E-state index in [4.69, 9.17) is 0 Å². The van der Waals surface area contributed by atoms with Crippen LogP contribution in [-0.2, 0) is 12.8 Å². The van der Waals surface area contributed by atoms with Gasteiger partial charge in [-0.1, -0.05) is 20.8 Å². The lowest BCUT2D eigenvalue weighted by Gasteiger charge is -2.12. The topological polar surface area (TPSA) is 37.8 Å². The Labute approximate surface area is 111 Å². The largest absolute Gasteiger partial charge is 0.316 e. The molecule has 102 valence electrons. The first-order valence-electron chi connectivity index (χ1n) is 7.08. The van der Waals surface area contributed by atoms with E-state index in [1.54, 1.807) is 0 Å². The molecule has 18 heavy (non-hydrogen) atoms. The van der Waals surface area contributed by atoms with E-state index in [0.29, 0.717) is 5.92 Å². The van der Waals surface area contributed by atoms with Crippen LogP contribution < -0.4 is 5.32 Å². The van der Waals surface area contributed by atoms with Crippen LogP contribution in [0.3, 0.4) is 0 Å². The van der Waals surface area contributed by atoms with Crippen LogP contribution in [0.5, 0.6) is 0 Å². The fraction of sp³-hybridized carbons (Fsp3) is 0.733. The summed E-state index contributed by atoms with van der Waals surface area (Å²) in [4.78, 5) is 9.27. The molecule has 0 aliphatic heterocycles. The van der Waals surface area contributed by atoms with E-state index < -0.39 is 0 Å². The number of rotatable bonds is 7. The lowest BCUT2D eigenvalue weighted by atomic mass is 10.1. The van der Waals surface area contributed by atoms with Gasteiger partial charge in [-0.05, 0) is 51.3 Å². The molecule has 0 saturated heterocycles. The average molecular weight is 249 g/mol. The third-order valence-corrected chi connectivity index (χ3v) is 3.04. The number of hydrogen-bond acceptors (Lipinski definition) is 3. The van der Waals surface area contributed by atoms with Crippen molar-refractivity contribution in [2.24, 2.45) is 5.92 Å². The predicted octanol–water partition coefficient (Wildman–Crippen LogP) is 2.83. The van der Waals surface area contributed by atoms with E-state index in [1.165, 1.54) is 12.0 Å². The standard InChI is InChI=1S/C15H27N3/c1-6-8-16-9-7-14-12(4)17-15(10-11(2)3)18-13(14)5/h11,16H,6-10H2,1-5H3. The van der Waals surface area contributed by atoms with Crippen molar-refractivity contribution in [1.82, 2.24) is 15.3 Å². The van der Waals surface area contributed by atoms with Gasteiger partial charge in [0.05, 0.1) is 0 Å². The van der Waals surface area contributed by atoms with Gasteiger partial charge in [0.1, 0.15) is 5.82 Å². The number of hydrogen-bond donors (Lipinski definition) is 1. The normalized spacial score (nSPS) is 11.2. The highest BCUT2D eigenvalue weighted by molar-refractivity contribution is 5.24. The van der Waals surface area contributed by atoms with E-state index in [2.05, 4.69) is 49.9 Å². The molecule has 3 heteroatoms. The monoisotopic (exact) mass is 249 g/mol. The number of aryl methyl sites for hydroxylation is 2. The molecule has 0 aromatic carbocycles. The number of nitrogens with zero attached hydrogens (tertiary/aromatic N) is 2. The van der Waals surface area contributed by atoms with Crippen molar-refractivity contribution in [3.8, 4) is 0 Å². The first kappa shape index (κ1) is 15.1. The second-order valence-electron chi connectivity index (χ2n) is 5.39. The Morgan fingerprint density at radius 1 is 1.06 bits per heavy atom. The molecule has 1 aromatic heterocycles. The van der Waals surface area contributed by atoms with E-state index in [0.717, 1.165) is 43.1 Å². The van der Waals surface area contributed by atoms with Gasteiger partial charge in [-0.2, -0.15) is 0 Å². The first-order chi connectivity index (χ1) is 8.54. The lowest BCUT2D eigenvalue weighted by Crippen LogP contribution is -2.19. The zero-order valence-electron chi connectivity index (χ0n) is 12.5. The molecular formula is C15H27N3. The molecule has 0 fully saturated rings. The summed E-state index contributed by atoms with van der Waals surface area (Å²) in [6.07, 6.45) is 3.18. The van der Waals surface area contributed by atoms with Crippen molar-refractivity contribution >= 4 is 0 Å². The molecule has 1 heterocycles. The molecular weight excluding hydrogens is 222 g/mol. The van der Waals surface area contributed by atoms with E-state index in [-0.39, 0.29) is 0 Å². The Kier molecular flexibility index (Phi) is 6.27. The summed E-state index contributed by atoms with van der Waals surface area (Å²) < 4.78 is 0. The van der Waals surface area contributed by atoms with Gasteiger partial charge in [0.15, 0.2) is 0 Å². The van der Waals surface area contributed by atoms with Crippen molar-refractivity contribution in [2.75, 3.05) is 13.1 Å². The van der Waals surface area contributed by atoms with Crippen LogP contribution in [0.15, 0.2) is 0 Å². The molecule has 1 rings (SSSR count). The molecule has 0 atom stereocenters. The summed E-state index contributed by atoms with van der Waals surface area (Å²) in [5.74, 6) is 1.60. The highest BCUT2D eigenvalue weighted by Gasteiger charge is 2.09. The first-order valence-corrected chi connectivity index (χ1v) is 7.08. The summed E-state index contributed by atoms with van der Waals surface area (Å²) in [7, 11) is 0. The molecule has 0 amide bonds. The van der Waals surface area contributed by atoms with Gasteiger partial charge in [0.25, 0.3) is 0 Å². The van der Waals surface area contributed by atoms with Crippen molar-refractivity contribution in [3.05, 3.63) is 22.8 Å². The molecule has 0 saturated carbocycles. The van der Waals surface area contributed by atoms with Crippen molar-refractivity contribution < 1.29 is 0 Å². The molecule has 0 aliphatic carbocycles. The zero-order valence-corrected chi connectivity index (χ0v) is 12.5. The molecule has 0 unspecified atom stereocenters. The van der Waals surface area contributed by atoms with Crippen LogP contribution in [0.25, 0.3) is 0 Å². The molecule has 3 nitrogen and oxygen atoms in total. The Balaban J connectivity index is 2.68. The third kappa shape index (κ3) is 4.73. The van der Waals surface area contributed by atoms with Gasteiger partial charge in [0.2, 0.25) is 0 Å². The maximum Gasteiger partial charge on any atom is 0.129 e. The van der Waals surface area contributed by atoms with Crippen molar-refractivity contribution in [3.63, 3.8) is 0 Å². The highest BCUT2D eigenvalue weighted by atomic mass is 14.9. The Hall–Kier alpha value is -0.960. The summed E-state index contributed by atoms with van der Waals surface area (Å²) >= 11 is 0. The predicted molar refractivity (Wildman–Crippen MR) is 76.9 cm³/mol. The van der Waals surface area contributed by atoms with Crippen LogP contribution in [0.4, 0.5) is 0 Å². The number of nitrogens with one attached hydrogen (secondary N) is 1. The Morgan fingerprint density at radius 2 is 1.67 bits per heavy atom. The Morgan fingerprint density at radius 3 is 2.17 bits per heavy atom. The van der Waals surface area contributed by atoms with E-state index in [1.807, 2.05) is 0 Å². The van der Waals surface area contributed by atoms with Crippen molar-refractivity contribution in [1.29, 1.82) is 0 Å². The molecule has 1 aromatic rings. The lowest BCUT2D eigenvalue weighted by molar-refractivity contribution is 0.612. The second kappa shape index (κ2) is 7.47. The quantitative estimate of drug-likeness (QED) is 0.755. The van der Waals surface area contributed by atoms with Crippen LogP contribution in [0, 0.1) is 19.8 Å². The minimum absolute atomic E-state index is 0.612. The maximum absolute atomic E-state index is 4.63. The van der Waals surface area contributed by atoms with Gasteiger partial charge in [-0.15, -0.1) is 0 Å². The van der Waals surface area contributed by atoms with Crippen LogP contribution in [0.2, 0.25) is 0 Å². The third-order valence-electron chi connectivity index (χ3n) is 3.04. The van der Waals surface area contributed by atoms with Gasteiger partial charge < -0.3 is 5.32 Å². The minimum atomic E-state index is 0.612. The van der Waals surface area contributed by atoms with E-state index in [9.17, 15) is 0 Å². The average Bonchev–Trinajstić information content (AvgIpc) is 2.26.